The standard InChI is InChI=1S/C10H9IN6/c11-8-7-9(12)14-5-15-10(7)17(16-8)4-6-1-2-13-3-6/h1-3,5,13H,4H2,(H2,12,14,15). The number of aromatic nitrogens is 5. The number of nitrogens with one attached hydrogen (secondary N) is 1. The highest BCUT2D eigenvalue weighted by Gasteiger charge is 2.13. The zero-order valence-corrected chi connectivity index (χ0v) is 10.9. The van der Waals surface area contributed by atoms with Gasteiger partial charge in [0, 0.05) is 12.4 Å². The fourth-order valence-corrected chi connectivity index (χ4v) is 2.50. The van der Waals surface area contributed by atoms with E-state index in [1.54, 1.807) is 0 Å². The lowest BCUT2D eigenvalue weighted by Gasteiger charge is -2.00. The Balaban J connectivity index is 2.15. The number of nitrogen functional groups attached to an aromatic ring is 1. The van der Waals surface area contributed by atoms with Crippen LogP contribution in [0.4, 0.5) is 5.82 Å². The van der Waals surface area contributed by atoms with Crippen LogP contribution in [0.5, 0.6) is 0 Å². The zero-order chi connectivity index (χ0) is 11.8. The largest absolute Gasteiger partial charge is 0.383 e. The lowest BCUT2D eigenvalue weighted by molar-refractivity contribution is 0.698. The van der Waals surface area contributed by atoms with Crippen molar-refractivity contribution in [3.63, 3.8) is 0 Å². The van der Waals surface area contributed by atoms with Crippen LogP contribution in [0.25, 0.3) is 11.0 Å². The Morgan fingerprint density at radius 1 is 1.41 bits per heavy atom. The average Bonchev–Trinajstić information content (AvgIpc) is 2.90. The SMILES string of the molecule is Nc1ncnc2c1c(I)nn2Cc1cc[nH]c1. The van der Waals surface area contributed by atoms with Gasteiger partial charge in [-0.05, 0) is 34.2 Å². The first-order valence-corrected chi connectivity index (χ1v) is 6.08. The van der Waals surface area contributed by atoms with E-state index < -0.39 is 0 Å². The van der Waals surface area contributed by atoms with Crippen LogP contribution in [0, 0.1) is 3.70 Å². The molecular weight excluding hydrogens is 331 g/mol. The Labute approximate surface area is 110 Å². The van der Waals surface area contributed by atoms with Crippen molar-refractivity contribution in [1.29, 1.82) is 0 Å². The predicted molar refractivity (Wildman–Crippen MR) is 72.3 cm³/mol. The summed E-state index contributed by atoms with van der Waals surface area (Å²) in [5.74, 6) is 0.472. The highest BCUT2D eigenvalue weighted by Crippen LogP contribution is 2.22. The van der Waals surface area contributed by atoms with Gasteiger partial charge in [0.25, 0.3) is 0 Å². The van der Waals surface area contributed by atoms with Crippen LogP contribution in [0.1, 0.15) is 5.56 Å². The van der Waals surface area contributed by atoms with Crippen molar-refractivity contribution < 1.29 is 0 Å². The lowest BCUT2D eigenvalue weighted by atomic mass is 10.3. The number of hydrogen-bond acceptors (Lipinski definition) is 4. The van der Waals surface area contributed by atoms with Gasteiger partial charge in [-0.25, -0.2) is 14.6 Å². The summed E-state index contributed by atoms with van der Waals surface area (Å²) in [5, 5.41) is 5.26. The molecule has 86 valence electrons. The van der Waals surface area contributed by atoms with Crippen molar-refractivity contribution in [1.82, 2.24) is 24.7 Å². The average molecular weight is 340 g/mol. The molecule has 3 heterocycles. The maximum absolute atomic E-state index is 5.83. The molecule has 3 rings (SSSR count). The van der Waals surface area contributed by atoms with Gasteiger partial charge in [0.15, 0.2) is 5.65 Å². The van der Waals surface area contributed by atoms with E-state index in [9.17, 15) is 0 Å². The van der Waals surface area contributed by atoms with Gasteiger partial charge in [0.05, 0.1) is 11.9 Å². The van der Waals surface area contributed by atoms with Crippen LogP contribution >= 0.6 is 22.6 Å². The third-order valence-corrected chi connectivity index (χ3v) is 3.27. The molecule has 0 atom stereocenters. The van der Waals surface area contributed by atoms with Crippen LogP contribution in [0.3, 0.4) is 0 Å². The number of H-pyrrole nitrogens is 1. The quantitative estimate of drug-likeness (QED) is 0.691. The van der Waals surface area contributed by atoms with Gasteiger partial charge in [-0.15, -0.1) is 0 Å². The van der Waals surface area contributed by atoms with Crippen LogP contribution in [-0.4, -0.2) is 24.7 Å². The van der Waals surface area contributed by atoms with Gasteiger partial charge in [-0.3, -0.25) is 0 Å². The first kappa shape index (κ1) is 10.5. The molecule has 3 aromatic heterocycles. The monoisotopic (exact) mass is 340 g/mol. The molecule has 3 N–H and O–H groups in total. The maximum Gasteiger partial charge on any atom is 0.164 e. The van der Waals surface area contributed by atoms with Crippen LogP contribution in [-0.2, 0) is 6.54 Å². The van der Waals surface area contributed by atoms with Crippen molar-refractivity contribution in [3.05, 3.63) is 34.1 Å². The Bertz CT molecular complexity index is 657. The molecule has 0 fully saturated rings. The molecule has 7 heteroatoms. The van der Waals surface area contributed by atoms with E-state index in [2.05, 4.69) is 42.6 Å². The molecule has 0 bridgehead atoms. The smallest absolute Gasteiger partial charge is 0.164 e. The van der Waals surface area contributed by atoms with Gasteiger partial charge in [-0.1, -0.05) is 0 Å². The van der Waals surface area contributed by atoms with Crippen LogP contribution in [0.15, 0.2) is 24.8 Å². The Kier molecular flexibility index (Phi) is 2.46. The summed E-state index contributed by atoms with van der Waals surface area (Å²) < 4.78 is 2.66. The number of anilines is 1. The number of hydrogen-bond donors (Lipinski definition) is 2. The number of nitrogens with zero attached hydrogens (tertiary/aromatic N) is 4. The number of aromatic amines is 1. The van der Waals surface area contributed by atoms with E-state index in [4.69, 9.17) is 5.73 Å². The predicted octanol–water partition coefficient (Wildman–Crippen LogP) is 1.39. The van der Waals surface area contributed by atoms with Gasteiger partial charge >= 0.3 is 0 Å². The minimum absolute atomic E-state index is 0.472. The third-order valence-electron chi connectivity index (χ3n) is 2.51. The van der Waals surface area contributed by atoms with Crippen LogP contribution < -0.4 is 5.73 Å². The van der Waals surface area contributed by atoms with Crippen molar-refractivity contribution in [2.75, 3.05) is 5.73 Å². The van der Waals surface area contributed by atoms with Crippen molar-refractivity contribution in [2.45, 2.75) is 6.54 Å². The molecule has 6 nitrogen and oxygen atoms in total. The second kappa shape index (κ2) is 3.99. The molecule has 0 aliphatic heterocycles. The molecular formula is C10H9IN6. The summed E-state index contributed by atoms with van der Waals surface area (Å²) in [6.45, 7) is 0.666. The molecule has 0 aliphatic carbocycles. The molecule has 0 spiro atoms. The summed E-state index contributed by atoms with van der Waals surface area (Å²) in [6, 6.07) is 2.00. The maximum atomic E-state index is 5.83. The van der Waals surface area contributed by atoms with E-state index in [-0.39, 0.29) is 0 Å². The molecule has 17 heavy (non-hydrogen) atoms. The summed E-state index contributed by atoms with van der Waals surface area (Å²) in [6.07, 6.45) is 5.28. The Morgan fingerprint density at radius 3 is 3.06 bits per heavy atom. The molecule has 0 unspecified atom stereocenters. The topological polar surface area (TPSA) is 85.4 Å². The van der Waals surface area contributed by atoms with Crippen molar-refractivity contribution in [3.8, 4) is 0 Å². The highest BCUT2D eigenvalue weighted by molar-refractivity contribution is 14.1. The van der Waals surface area contributed by atoms with E-state index in [0.29, 0.717) is 12.4 Å². The minimum atomic E-state index is 0.472. The number of halogens is 1. The van der Waals surface area contributed by atoms with Crippen molar-refractivity contribution >= 4 is 39.4 Å². The molecule has 0 aromatic carbocycles. The molecule has 0 aliphatic rings. The van der Waals surface area contributed by atoms with E-state index in [1.165, 1.54) is 6.33 Å². The molecule has 0 saturated heterocycles. The van der Waals surface area contributed by atoms with Gasteiger partial charge in [0.2, 0.25) is 0 Å². The van der Waals surface area contributed by atoms with Gasteiger partial charge in [0.1, 0.15) is 15.8 Å². The second-order valence-corrected chi connectivity index (χ2v) is 4.65. The second-order valence-electron chi connectivity index (χ2n) is 3.63. The number of nitrogens with two attached hydrogens (primary N) is 1. The summed E-state index contributed by atoms with van der Waals surface area (Å²) in [4.78, 5) is 11.2. The molecule has 0 saturated carbocycles. The first-order chi connectivity index (χ1) is 8.25. The van der Waals surface area contributed by atoms with E-state index in [1.807, 2.05) is 23.1 Å². The summed E-state index contributed by atoms with van der Waals surface area (Å²) >= 11 is 2.15. The minimum Gasteiger partial charge on any atom is -0.383 e. The summed E-state index contributed by atoms with van der Waals surface area (Å²) in [7, 11) is 0. The number of fused-ring (bicyclic) bond motifs is 1. The normalized spacial score (nSPS) is 11.1. The summed E-state index contributed by atoms with van der Waals surface area (Å²) in [5.41, 5.74) is 7.74. The zero-order valence-electron chi connectivity index (χ0n) is 8.76. The van der Waals surface area contributed by atoms with E-state index in [0.717, 1.165) is 20.3 Å². The highest BCUT2D eigenvalue weighted by atomic mass is 127. The fraction of sp³-hybridized carbons (Fsp3) is 0.100. The third kappa shape index (κ3) is 1.75. The van der Waals surface area contributed by atoms with Crippen molar-refractivity contribution in [2.24, 2.45) is 0 Å². The van der Waals surface area contributed by atoms with Gasteiger partial charge in [-0.2, -0.15) is 5.10 Å². The van der Waals surface area contributed by atoms with Gasteiger partial charge < -0.3 is 10.7 Å². The molecule has 0 radical (unpaired) electrons. The fourth-order valence-electron chi connectivity index (χ4n) is 1.73. The molecule has 0 amide bonds. The van der Waals surface area contributed by atoms with Crippen LogP contribution in [0.2, 0.25) is 0 Å². The number of rotatable bonds is 2. The van der Waals surface area contributed by atoms with E-state index >= 15 is 0 Å². The lowest BCUT2D eigenvalue weighted by Crippen LogP contribution is -2.02. The first-order valence-electron chi connectivity index (χ1n) is 5.00. The Hall–Kier alpha value is -1.64. The Morgan fingerprint density at radius 2 is 2.29 bits per heavy atom. The molecule has 3 aromatic rings.